The van der Waals surface area contributed by atoms with Crippen molar-refractivity contribution in [2.45, 2.75) is 103 Å². The number of likely N-dealkylation sites (tertiary alicyclic amines) is 1. The summed E-state index contributed by atoms with van der Waals surface area (Å²) in [5.74, 6) is -1.95. The van der Waals surface area contributed by atoms with Crippen LogP contribution in [0.3, 0.4) is 0 Å². The predicted octanol–water partition coefficient (Wildman–Crippen LogP) is 3.73. The first-order chi connectivity index (χ1) is 22.5. The molecule has 11 nitrogen and oxygen atoms in total. The Hall–Kier alpha value is -4.06. The van der Waals surface area contributed by atoms with Gasteiger partial charge in [0.05, 0.1) is 22.7 Å². The minimum atomic E-state index is -1.03. The number of rotatable bonds is 11. The largest absolute Gasteiger partial charge is 0.390 e. The van der Waals surface area contributed by atoms with Crippen LogP contribution in [0.5, 0.6) is 0 Å². The van der Waals surface area contributed by atoms with Crippen molar-refractivity contribution in [3.05, 3.63) is 59.7 Å². The second kappa shape index (κ2) is 14.4. The Morgan fingerprint density at radius 3 is 2.43 bits per heavy atom. The molecule has 4 N–H and O–H groups in total. The predicted molar refractivity (Wildman–Crippen MR) is 175 cm³/mol. The van der Waals surface area contributed by atoms with Crippen molar-refractivity contribution >= 4 is 29.3 Å². The zero-order chi connectivity index (χ0) is 33.8. The highest BCUT2D eigenvalue weighted by Crippen LogP contribution is 2.48. The molecular formula is C35H47FN6O5. The average molecular weight is 651 g/mol. The minimum Gasteiger partial charge on any atom is -0.390 e. The van der Waals surface area contributed by atoms with Crippen LogP contribution < -0.4 is 16.0 Å². The number of amides is 4. The summed E-state index contributed by atoms with van der Waals surface area (Å²) in [5, 5.41) is 23.1. The molecule has 3 atom stereocenters. The quantitative estimate of drug-likeness (QED) is 0.273. The molecule has 254 valence electrons. The lowest BCUT2D eigenvalue weighted by Crippen LogP contribution is -2.60. The Bertz CT molecular complexity index is 1510. The fourth-order valence-electron chi connectivity index (χ4n) is 7.11. The maximum absolute atomic E-state index is 15.6. The molecule has 1 aromatic carbocycles. The smallest absolute Gasteiger partial charge is 0.270 e. The van der Waals surface area contributed by atoms with Crippen molar-refractivity contribution in [1.82, 2.24) is 25.3 Å². The van der Waals surface area contributed by atoms with E-state index in [1.165, 1.54) is 12.1 Å². The number of hydrogen-bond donors (Lipinski definition) is 4. The molecule has 3 aliphatic rings. The van der Waals surface area contributed by atoms with E-state index in [2.05, 4.69) is 21.0 Å². The number of nitrogens with zero attached hydrogens (tertiary/aromatic N) is 3. The summed E-state index contributed by atoms with van der Waals surface area (Å²) >= 11 is 0. The monoisotopic (exact) mass is 650 g/mol. The first-order valence-electron chi connectivity index (χ1n) is 16.9. The number of aromatic nitrogens is 2. The van der Waals surface area contributed by atoms with E-state index in [4.69, 9.17) is 0 Å². The number of hydrogen-bond acceptors (Lipinski definition) is 6. The zero-order valence-corrected chi connectivity index (χ0v) is 27.6. The van der Waals surface area contributed by atoms with Gasteiger partial charge in [0, 0.05) is 38.7 Å². The molecule has 2 aromatic rings. The molecule has 1 saturated heterocycles. The van der Waals surface area contributed by atoms with Crippen LogP contribution in [0.2, 0.25) is 0 Å². The molecule has 1 aromatic heterocycles. The molecule has 12 heteroatoms. The van der Waals surface area contributed by atoms with Gasteiger partial charge in [0.2, 0.25) is 17.7 Å². The first-order valence-corrected chi connectivity index (χ1v) is 16.9. The summed E-state index contributed by atoms with van der Waals surface area (Å²) in [6, 6.07) is 4.59. The fraction of sp³-hybridized carbons (Fsp3) is 0.571. The Balaban J connectivity index is 1.32. The van der Waals surface area contributed by atoms with Crippen LogP contribution in [0.4, 0.5) is 10.1 Å². The second-order valence-electron chi connectivity index (χ2n) is 13.4. The standard InChI is InChI=1S/C35H47FN6O5/c1-4-30(43)38-27(32(45)41-19-16-34(3,47)17-20-41)22-23-11-12-26(25(36)21-23)39-33(46)35(24-9-7-6-8-10-24)15-13-29(35)40-31(44)28-14-18-37-42(28)5-2/h11-15,18,21,24,27,29,47H,4-10,16-17,19-20,22H2,1-3H3,(H,38,43)(H,39,46)(H,40,44)/t27-,29?,35+/m1/s1. The van der Waals surface area contributed by atoms with Crippen LogP contribution in [-0.2, 0) is 27.3 Å². The lowest BCUT2D eigenvalue weighted by Gasteiger charge is -2.48. The number of anilines is 1. The number of piperidine rings is 1. The van der Waals surface area contributed by atoms with E-state index < -0.39 is 28.9 Å². The number of aryl methyl sites for hydroxylation is 1. The van der Waals surface area contributed by atoms with Crippen LogP contribution in [0.25, 0.3) is 0 Å². The molecule has 47 heavy (non-hydrogen) atoms. The molecule has 2 aliphatic carbocycles. The molecular weight excluding hydrogens is 603 g/mol. The molecule has 2 fully saturated rings. The van der Waals surface area contributed by atoms with E-state index in [0.29, 0.717) is 43.7 Å². The number of carbonyl (C=O) groups excluding carboxylic acids is 4. The molecule has 1 saturated carbocycles. The third kappa shape index (κ3) is 7.42. The van der Waals surface area contributed by atoms with Crippen molar-refractivity contribution in [3.63, 3.8) is 0 Å². The third-order valence-corrected chi connectivity index (χ3v) is 10.1. The van der Waals surface area contributed by atoms with Gasteiger partial charge in [-0.3, -0.25) is 23.9 Å². The highest BCUT2D eigenvalue weighted by Gasteiger charge is 2.54. The summed E-state index contributed by atoms with van der Waals surface area (Å²) < 4.78 is 17.2. The molecule has 1 aliphatic heterocycles. The summed E-state index contributed by atoms with van der Waals surface area (Å²) in [4.78, 5) is 54.7. The Labute approximate surface area is 275 Å². The van der Waals surface area contributed by atoms with Gasteiger partial charge >= 0.3 is 0 Å². The Kier molecular flexibility index (Phi) is 10.5. The van der Waals surface area contributed by atoms with Crippen LogP contribution in [0.1, 0.15) is 88.2 Å². The van der Waals surface area contributed by atoms with E-state index >= 15 is 4.39 Å². The molecule has 2 heterocycles. The van der Waals surface area contributed by atoms with E-state index in [1.54, 1.807) is 41.8 Å². The van der Waals surface area contributed by atoms with Gasteiger partial charge in [0.1, 0.15) is 17.6 Å². The summed E-state index contributed by atoms with van der Waals surface area (Å²) in [6.45, 7) is 6.59. The third-order valence-electron chi connectivity index (χ3n) is 10.1. The Morgan fingerprint density at radius 1 is 1.09 bits per heavy atom. The van der Waals surface area contributed by atoms with Crippen molar-refractivity contribution in [1.29, 1.82) is 0 Å². The van der Waals surface area contributed by atoms with E-state index in [1.807, 2.05) is 19.1 Å². The van der Waals surface area contributed by atoms with Gasteiger partial charge in [-0.2, -0.15) is 5.10 Å². The van der Waals surface area contributed by atoms with Gasteiger partial charge < -0.3 is 26.0 Å². The number of halogens is 1. The van der Waals surface area contributed by atoms with Crippen LogP contribution in [0.15, 0.2) is 42.6 Å². The maximum Gasteiger partial charge on any atom is 0.270 e. The highest BCUT2D eigenvalue weighted by molar-refractivity contribution is 6.01. The van der Waals surface area contributed by atoms with Gasteiger partial charge in [0.25, 0.3) is 5.91 Å². The number of carbonyl (C=O) groups is 4. The van der Waals surface area contributed by atoms with Crippen LogP contribution in [0, 0.1) is 17.2 Å². The topological polar surface area (TPSA) is 146 Å². The number of nitrogens with one attached hydrogen (secondary N) is 3. The fourth-order valence-corrected chi connectivity index (χ4v) is 7.11. The number of benzene rings is 1. The van der Waals surface area contributed by atoms with Gasteiger partial charge in [0.15, 0.2) is 0 Å². The summed E-state index contributed by atoms with van der Waals surface area (Å²) in [5.41, 5.74) is -0.965. The molecule has 0 bridgehead atoms. The average Bonchev–Trinajstić information content (AvgIpc) is 3.54. The van der Waals surface area contributed by atoms with Gasteiger partial charge in [-0.15, -0.1) is 0 Å². The van der Waals surface area contributed by atoms with Crippen LogP contribution >= 0.6 is 0 Å². The first kappa shape index (κ1) is 34.3. The lowest BCUT2D eigenvalue weighted by molar-refractivity contribution is -0.139. The normalized spacial score (nSPS) is 23.0. The maximum atomic E-state index is 15.6. The molecule has 0 radical (unpaired) electrons. The molecule has 5 rings (SSSR count). The highest BCUT2D eigenvalue weighted by atomic mass is 19.1. The van der Waals surface area contributed by atoms with Gasteiger partial charge in [-0.25, -0.2) is 4.39 Å². The molecule has 0 spiro atoms. The second-order valence-corrected chi connectivity index (χ2v) is 13.4. The molecule has 4 amide bonds. The lowest BCUT2D eigenvalue weighted by atomic mass is 9.58. The number of aliphatic hydroxyl groups is 1. The van der Waals surface area contributed by atoms with Crippen molar-refractivity contribution in [2.75, 3.05) is 18.4 Å². The van der Waals surface area contributed by atoms with Gasteiger partial charge in [-0.05, 0) is 69.2 Å². The SMILES string of the molecule is CCC(=O)N[C@H](Cc1ccc(NC(=O)[C@]2(C3CCCCC3)C=CC2NC(=O)c2ccnn2CC)c(F)c1)C(=O)N1CCC(C)(O)CC1. The van der Waals surface area contributed by atoms with E-state index in [-0.39, 0.29) is 48.1 Å². The molecule has 1 unspecified atom stereocenters. The van der Waals surface area contributed by atoms with E-state index in [0.717, 1.165) is 32.1 Å². The summed E-state index contributed by atoms with van der Waals surface area (Å²) in [7, 11) is 0. The van der Waals surface area contributed by atoms with Crippen LogP contribution in [-0.4, -0.2) is 74.2 Å². The summed E-state index contributed by atoms with van der Waals surface area (Å²) in [6.07, 6.45) is 11.1. The van der Waals surface area contributed by atoms with Crippen molar-refractivity contribution in [3.8, 4) is 0 Å². The van der Waals surface area contributed by atoms with Gasteiger partial charge in [-0.1, -0.05) is 44.4 Å². The Morgan fingerprint density at radius 2 is 1.81 bits per heavy atom. The minimum absolute atomic E-state index is 0.00195. The zero-order valence-electron chi connectivity index (χ0n) is 27.6. The van der Waals surface area contributed by atoms with Crippen molar-refractivity contribution in [2.24, 2.45) is 11.3 Å². The van der Waals surface area contributed by atoms with E-state index in [9.17, 15) is 24.3 Å². The van der Waals surface area contributed by atoms with Crippen molar-refractivity contribution < 1.29 is 28.7 Å².